The van der Waals surface area contributed by atoms with Gasteiger partial charge in [-0.05, 0) is 54.4 Å². The van der Waals surface area contributed by atoms with Crippen molar-refractivity contribution in [1.82, 2.24) is 15.3 Å². The van der Waals surface area contributed by atoms with Crippen LogP contribution in [0.25, 0.3) is 11.1 Å². The fraction of sp³-hybridized carbons (Fsp3) is 0.238. The Morgan fingerprint density at radius 1 is 0.966 bits per heavy atom. The number of aromatic nitrogens is 2. The first-order valence-electron chi connectivity index (χ1n) is 9.49. The highest BCUT2D eigenvalue weighted by atomic mass is 32.2. The van der Waals surface area contributed by atoms with Crippen molar-refractivity contribution in [2.45, 2.75) is 11.8 Å². The van der Waals surface area contributed by atoms with Crippen LogP contribution in [0.15, 0.2) is 65.8 Å². The molecular formula is C21H23N5O2S. The SMILES string of the molecule is Cc1ncccc1NS(=O)(=O)c1ccc(-c2ccnc(N3CCNCC3)c2)cc1. The molecule has 2 N–H and O–H groups in total. The van der Waals surface area contributed by atoms with Crippen molar-refractivity contribution in [2.75, 3.05) is 35.8 Å². The van der Waals surface area contributed by atoms with Crippen LogP contribution in [-0.4, -0.2) is 44.6 Å². The Hall–Kier alpha value is -2.97. The lowest BCUT2D eigenvalue weighted by molar-refractivity contribution is 0.585. The number of rotatable bonds is 5. The molecule has 2 aromatic heterocycles. The molecule has 1 saturated heterocycles. The normalized spacial score (nSPS) is 14.6. The van der Waals surface area contributed by atoms with Crippen molar-refractivity contribution in [3.63, 3.8) is 0 Å². The molecule has 1 aliphatic rings. The number of anilines is 2. The molecule has 3 aromatic rings. The van der Waals surface area contributed by atoms with Gasteiger partial charge in [0.25, 0.3) is 10.0 Å². The summed E-state index contributed by atoms with van der Waals surface area (Å²) in [5.41, 5.74) is 3.06. The molecule has 7 nitrogen and oxygen atoms in total. The Kier molecular flexibility index (Phi) is 5.46. The minimum absolute atomic E-state index is 0.209. The number of nitrogens with zero attached hydrogens (tertiary/aromatic N) is 3. The lowest BCUT2D eigenvalue weighted by Gasteiger charge is -2.28. The van der Waals surface area contributed by atoms with Gasteiger partial charge in [-0.2, -0.15) is 0 Å². The molecule has 1 aromatic carbocycles. The van der Waals surface area contributed by atoms with E-state index in [9.17, 15) is 8.42 Å². The average molecular weight is 410 g/mol. The maximum atomic E-state index is 12.7. The van der Waals surface area contributed by atoms with Gasteiger partial charge < -0.3 is 10.2 Å². The predicted octanol–water partition coefficient (Wildman–Crippen LogP) is 2.66. The molecule has 0 saturated carbocycles. The van der Waals surface area contributed by atoms with E-state index in [-0.39, 0.29) is 4.90 Å². The van der Waals surface area contributed by atoms with E-state index in [1.54, 1.807) is 43.6 Å². The van der Waals surface area contributed by atoms with Crippen LogP contribution in [0.2, 0.25) is 0 Å². The van der Waals surface area contributed by atoms with E-state index in [4.69, 9.17) is 0 Å². The second kappa shape index (κ2) is 8.18. The van der Waals surface area contributed by atoms with E-state index in [0.29, 0.717) is 11.4 Å². The molecule has 0 amide bonds. The zero-order valence-corrected chi connectivity index (χ0v) is 17.0. The summed E-state index contributed by atoms with van der Waals surface area (Å²) in [6.45, 7) is 5.50. The first-order chi connectivity index (χ1) is 14.0. The fourth-order valence-corrected chi connectivity index (χ4v) is 4.40. The molecule has 0 unspecified atom stereocenters. The highest BCUT2D eigenvalue weighted by Crippen LogP contribution is 2.25. The smallest absolute Gasteiger partial charge is 0.261 e. The monoisotopic (exact) mass is 409 g/mol. The summed E-state index contributed by atoms with van der Waals surface area (Å²) < 4.78 is 28.0. The van der Waals surface area contributed by atoms with Crippen molar-refractivity contribution in [1.29, 1.82) is 0 Å². The third-order valence-corrected chi connectivity index (χ3v) is 6.32. The van der Waals surface area contributed by atoms with Crippen LogP contribution < -0.4 is 14.9 Å². The Labute approximate surface area is 170 Å². The van der Waals surface area contributed by atoms with Gasteiger partial charge in [0.1, 0.15) is 5.82 Å². The van der Waals surface area contributed by atoms with Crippen molar-refractivity contribution in [3.8, 4) is 11.1 Å². The number of aryl methyl sites for hydroxylation is 1. The van der Waals surface area contributed by atoms with Gasteiger partial charge in [-0.3, -0.25) is 9.71 Å². The van der Waals surface area contributed by atoms with Crippen LogP contribution in [0.4, 0.5) is 11.5 Å². The molecule has 1 aliphatic heterocycles. The van der Waals surface area contributed by atoms with Gasteiger partial charge >= 0.3 is 0 Å². The van der Waals surface area contributed by atoms with Gasteiger partial charge in [-0.15, -0.1) is 0 Å². The molecule has 8 heteroatoms. The van der Waals surface area contributed by atoms with Crippen LogP contribution in [0.5, 0.6) is 0 Å². The quantitative estimate of drug-likeness (QED) is 0.674. The number of nitrogens with one attached hydrogen (secondary N) is 2. The number of sulfonamides is 1. The Morgan fingerprint density at radius 3 is 2.45 bits per heavy atom. The summed E-state index contributed by atoms with van der Waals surface area (Å²) in [5.74, 6) is 0.939. The Bertz CT molecular complexity index is 1090. The third kappa shape index (κ3) is 4.38. The maximum absolute atomic E-state index is 12.7. The summed E-state index contributed by atoms with van der Waals surface area (Å²) in [6.07, 6.45) is 3.43. The number of hydrogen-bond acceptors (Lipinski definition) is 6. The van der Waals surface area contributed by atoms with E-state index >= 15 is 0 Å². The summed E-state index contributed by atoms with van der Waals surface area (Å²) >= 11 is 0. The molecule has 4 rings (SSSR count). The highest BCUT2D eigenvalue weighted by molar-refractivity contribution is 7.92. The van der Waals surface area contributed by atoms with E-state index < -0.39 is 10.0 Å². The number of pyridine rings is 2. The molecular weight excluding hydrogens is 386 g/mol. The lowest BCUT2D eigenvalue weighted by atomic mass is 10.1. The van der Waals surface area contributed by atoms with Gasteiger partial charge in [-0.25, -0.2) is 13.4 Å². The molecule has 0 atom stereocenters. The Morgan fingerprint density at radius 2 is 1.72 bits per heavy atom. The highest BCUT2D eigenvalue weighted by Gasteiger charge is 2.16. The van der Waals surface area contributed by atoms with Crippen molar-refractivity contribution in [2.24, 2.45) is 0 Å². The summed E-state index contributed by atoms with van der Waals surface area (Å²) in [6, 6.07) is 14.3. The summed E-state index contributed by atoms with van der Waals surface area (Å²) in [4.78, 5) is 11.1. The van der Waals surface area contributed by atoms with Crippen molar-refractivity contribution in [3.05, 3.63) is 66.6 Å². The topological polar surface area (TPSA) is 87.2 Å². The first kappa shape index (κ1) is 19.4. The summed E-state index contributed by atoms with van der Waals surface area (Å²) in [7, 11) is -3.68. The molecule has 3 heterocycles. The van der Waals surface area contributed by atoms with Crippen molar-refractivity contribution < 1.29 is 8.42 Å². The van der Waals surface area contributed by atoms with Crippen LogP contribution in [0, 0.1) is 6.92 Å². The number of piperazine rings is 1. The van der Waals surface area contributed by atoms with Crippen LogP contribution in [0.3, 0.4) is 0 Å². The lowest BCUT2D eigenvalue weighted by Crippen LogP contribution is -2.43. The predicted molar refractivity (Wildman–Crippen MR) is 115 cm³/mol. The van der Waals surface area contributed by atoms with E-state index in [1.807, 2.05) is 24.3 Å². The van der Waals surface area contributed by atoms with E-state index in [0.717, 1.165) is 43.1 Å². The van der Waals surface area contributed by atoms with Gasteiger partial charge in [0, 0.05) is 38.6 Å². The van der Waals surface area contributed by atoms with Gasteiger partial charge in [0.05, 0.1) is 16.3 Å². The van der Waals surface area contributed by atoms with Crippen molar-refractivity contribution >= 4 is 21.5 Å². The first-order valence-corrected chi connectivity index (χ1v) is 11.0. The molecule has 0 radical (unpaired) electrons. The van der Waals surface area contributed by atoms with Gasteiger partial charge in [0.2, 0.25) is 0 Å². The van der Waals surface area contributed by atoms with E-state index in [2.05, 4.69) is 24.9 Å². The zero-order chi connectivity index (χ0) is 20.3. The second-order valence-corrected chi connectivity index (χ2v) is 8.59. The molecule has 0 aliphatic carbocycles. The largest absolute Gasteiger partial charge is 0.354 e. The van der Waals surface area contributed by atoms with E-state index in [1.165, 1.54) is 0 Å². The summed E-state index contributed by atoms with van der Waals surface area (Å²) in [5, 5.41) is 3.34. The fourth-order valence-electron chi connectivity index (χ4n) is 3.29. The minimum Gasteiger partial charge on any atom is -0.354 e. The molecule has 1 fully saturated rings. The van der Waals surface area contributed by atoms with Gasteiger partial charge in [0.15, 0.2) is 0 Å². The molecule has 150 valence electrons. The molecule has 0 bridgehead atoms. The molecule has 0 spiro atoms. The third-order valence-electron chi connectivity index (χ3n) is 4.94. The molecule has 29 heavy (non-hydrogen) atoms. The van der Waals surface area contributed by atoms with Crippen LogP contribution >= 0.6 is 0 Å². The minimum atomic E-state index is -3.68. The maximum Gasteiger partial charge on any atom is 0.261 e. The zero-order valence-electron chi connectivity index (χ0n) is 16.2. The van der Waals surface area contributed by atoms with Crippen LogP contribution in [0.1, 0.15) is 5.69 Å². The second-order valence-electron chi connectivity index (χ2n) is 6.91. The number of hydrogen-bond donors (Lipinski definition) is 2. The Balaban J connectivity index is 1.55. The average Bonchev–Trinajstić information content (AvgIpc) is 2.76. The standard InChI is InChI=1S/C21H23N5O2S/c1-16-20(3-2-9-23-16)25-29(27,28)19-6-4-17(5-7-19)18-8-10-24-21(15-18)26-13-11-22-12-14-26/h2-10,15,22,25H,11-14H2,1H3. The van der Waals surface area contributed by atoms with Gasteiger partial charge in [-0.1, -0.05) is 12.1 Å². The van der Waals surface area contributed by atoms with Crippen LogP contribution in [-0.2, 0) is 10.0 Å². The number of benzene rings is 1.